The Bertz CT molecular complexity index is 854. The van der Waals surface area contributed by atoms with Crippen LogP contribution in [0.5, 0.6) is 0 Å². The molecule has 2 aromatic heterocycles. The lowest BCUT2D eigenvalue weighted by atomic mass is 10.2. The molecule has 0 unspecified atom stereocenters. The van der Waals surface area contributed by atoms with Gasteiger partial charge in [0, 0.05) is 5.38 Å². The number of Topliss-reactive ketones (excluding diaryl/α,β-unsaturated/α-hetero) is 1. The second kappa shape index (κ2) is 7.31. The Morgan fingerprint density at radius 3 is 2.70 bits per heavy atom. The molecule has 0 aliphatic rings. The van der Waals surface area contributed by atoms with Crippen LogP contribution >= 0.6 is 22.7 Å². The maximum absolute atomic E-state index is 12.1. The fourth-order valence-corrected chi connectivity index (χ4v) is 3.08. The van der Waals surface area contributed by atoms with E-state index < -0.39 is 11.8 Å². The minimum absolute atomic E-state index is 0.107. The van der Waals surface area contributed by atoms with Crippen molar-refractivity contribution in [1.82, 2.24) is 0 Å². The van der Waals surface area contributed by atoms with E-state index in [1.165, 1.54) is 23.8 Å². The molecule has 9 heteroatoms. The number of thiophene rings is 2. The lowest BCUT2D eigenvalue weighted by Crippen LogP contribution is -2.13. The van der Waals surface area contributed by atoms with Crippen molar-refractivity contribution < 1.29 is 14.3 Å². The lowest BCUT2D eigenvalue weighted by molar-refractivity contribution is 0.0607. The molecule has 0 aliphatic carbocycles. The number of rotatable bonds is 5. The topological polar surface area (TPSA) is 115 Å². The molecule has 0 atom stereocenters. The lowest BCUT2D eigenvalue weighted by Gasteiger charge is -2.03. The summed E-state index contributed by atoms with van der Waals surface area (Å²) in [5.74, 6) is -1.18. The highest BCUT2D eigenvalue weighted by Crippen LogP contribution is 2.28. The van der Waals surface area contributed by atoms with Crippen molar-refractivity contribution in [2.75, 3.05) is 12.5 Å². The zero-order valence-electron chi connectivity index (χ0n) is 11.7. The summed E-state index contributed by atoms with van der Waals surface area (Å²) in [6.07, 6.45) is 0. The predicted molar refractivity (Wildman–Crippen MR) is 85.7 cm³/mol. The number of esters is 1. The Labute approximate surface area is 139 Å². The van der Waals surface area contributed by atoms with Crippen LogP contribution < -0.4 is 5.43 Å². The summed E-state index contributed by atoms with van der Waals surface area (Å²) in [6.45, 7) is 0. The first kappa shape index (κ1) is 16.4. The minimum Gasteiger partial charge on any atom is -0.465 e. The number of ketones is 1. The highest BCUT2D eigenvalue weighted by Gasteiger charge is 2.20. The quantitative estimate of drug-likeness (QED) is 0.386. The Morgan fingerprint density at radius 2 is 2.13 bits per heavy atom. The maximum atomic E-state index is 12.1. The van der Waals surface area contributed by atoms with Crippen molar-refractivity contribution >= 4 is 45.8 Å². The average Bonchev–Trinajstić information content (AvgIpc) is 3.23. The molecule has 0 aliphatic heterocycles. The van der Waals surface area contributed by atoms with Crippen LogP contribution in [0.3, 0.4) is 0 Å². The first-order valence-electron chi connectivity index (χ1n) is 6.04. The van der Waals surface area contributed by atoms with Gasteiger partial charge in [-0.1, -0.05) is 6.07 Å². The third-order valence-electron chi connectivity index (χ3n) is 2.63. The molecule has 0 bridgehead atoms. The van der Waals surface area contributed by atoms with E-state index in [2.05, 4.69) is 15.3 Å². The molecule has 7 nitrogen and oxygen atoms in total. The van der Waals surface area contributed by atoms with Crippen LogP contribution in [-0.4, -0.2) is 24.6 Å². The van der Waals surface area contributed by atoms with Crippen molar-refractivity contribution in [3.63, 3.8) is 0 Å². The summed E-state index contributed by atoms with van der Waals surface area (Å²) in [4.78, 5) is 24.2. The molecule has 2 heterocycles. The van der Waals surface area contributed by atoms with Crippen molar-refractivity contribution in [2.45, 2.75) is 0 Å². The molecule has 0 aromatic carbocycles. The number of hydrogen-bond acceptors (Lipinski definition) is 9. The van der Waals surface area contributed by atoms with Crippen molar-refractivity contribution in [1.29, 1.82) is 10.5 Å². The van der Waals surface area contributed by atoms with Crippen LogP contribution in [-0.2, 0) is 4.74 Å². The molecule has 1 N–H and O–H groups in total. The van der Waals surface area contributed by atoms with E-state index in [-0.39, 0.29) is 21.8 Å². The van der Waals surface area contributed by atoms with Gasteiger partial charge in [0.2, 0.25) is 11.5 Å². The number of nitrogens with one attached hydrogen (secondary N) is 1. The van der Waals surface area contributed by atoms with Crippen molar-refractivity contribution in [3.05, 3.63) is 38.2 Å². The zero-order chi connectivity index (χ0) is 16.8. The fourth-order valence-electron chi connectivity index (χ4n) is 1.56. The number of hydrogen-bond donors (Lipinski definition) is 1. The Kier molecular flexibility index (Phi) is 5.20. The number of nitriles is 2. The normalized spacial score (nSPS) is 10.5. The van der Waals surface area contributed by atoms with Crippen LogP contribution in [0, 0.1) is 22.7 Å². The Morgan fingerprint density at radius 1 is 1.35 bits per heavy atom. The first-order valence-corrected chi connectivity index (χ1v) is 7.80. The van der Waals surface area contributed by atoms with Crippen LogP contribution in [0.25, 0.3) is 0 Å². The van der Waals surface area contributed by atoms with Crippen molar-refractivity contribution in [2.24, 2.45) is 5.10 Å². The first-order chi connectivity index (χ1) is 11.1. The summed E-state index contributed by atoms with van der Waals surface area (Å²) in [5.41, 5.74) is 2.36. The van der Waals surface area contributed by atoms with Crippen LogP contribution in [0.15, 0.2) is 28.0 Å². The molecular weight excluding hydrogens is 336 g/mol. The Hall–Kier alpha value is -3.01. The van der Waals surface area contributed by atoms with E-state index in [1.807, 2.05) is 6.07 Å². The Balaban J connectivity index is 2.33. The van der Waals surface area contributed by atoms with Gasteiger partial charge >= 0.3 is 5.97 Å². The predicted octanol–water partition coefficient (Wildman–Crippen LogP) is 2.64. The number of anilines is 1. The third-order valence-corrected chi connectivity index (χ3v) is 4.46. The van der Waals surface area contributed by atoms with E-state index in [4.69, 9.17) is 10.5 Å². The summed E-state index contributed by atoms with van der Waals surface area (Å²) >= 11 is 2.19. The van der Waals surface area contributed by atoms with Gasteiger partial charge in [0.25, 0.3) is 0 Å². The molecule has 0 radical (unpaired) electrons. The molecule has 114 valence electrons. The van der Waals surface area contributed by atoms with Gasteiger partial charge in [-0.3, -0.25) is 10.2 Å². The highest BCUT2D eigenvalue weighted by molar-refractivity contribution is 7.13. The molecular formula is C14H8N4O3S2. The van der Waals surface area contributed by atoms with Crippen molar-refractivity contribution in [3.8, 4) is 12.1 Å². The molecule has 0 saturated carbocycles. The van der Waals surface area contributed by atoms with Crippen LogP contribution in [0.1, 0.15) is 24.9 Å². The average molecular weight is 344 g/mol. The number of carbonyl (C=O) groups is 2. The highest BCUT2D eigenvalue weighted by atomic mass is 32.1. The van der Waals surface area contributed by atoms with E-state index in [1.54, 1.807) is 23.6 Å². The molecule has 0 saturated heterocycles. The van der Waals surface area contributed by atoms with Gasteiger partial charge < -0.3 is 4.74 Å². The van der Waals surface area contributed by atoms with Gasteiger partial charge in [-0.2, -0.15) is 15.6 Å². The minimum atomic E-state index is -0.641. The molecule has 0 spiro atoms. The van der Waals surface area contributed by atoms with E-state index in [9.17, 15) is 9.59 Å². The monoisotopic (exact) mass is 344 g/mol. The standard InChI is InChI=1S/C14H8N4O3S2/c1-21-14(20)13-11(8(5-15)7-23-13)18-17-9(6-16)12(19)10-3-2-4-22-10/h2-4,7,18H,1H3. The van der Waals surface area contributed by atoms with Crippen LogP contribution in [0.4, 0.5) is 5.69 Å². The zero-order valence-corrected chi connectivity index (χ0v) is 13.3. The van der Waals surface area contributed by atoms with Gasteiger partial charge in [0.1, 0.15) is 17.0 Å². The second-order valence-corrected chi connectivity index (χ2v) is 5.77. The largest absolute Gasteiger partial charge is 0.465 e. The third kappa shape index (κ3) is 3.43. The van der Waals surface area contributed by atoms with Gasteiger partial charge in [0.15, 0.2) is 0 Å². The summed E-state index contributed by atoms with van der Waals surface area (Å²) in [7, 11) is 1.21. The number of ether oxygens (including phenoxy) is 1. The molecule has 2 rings (SSSR count). The summed E-state index contributed by atoms with van der Waals surface area (Å²) in [6, 6.07) is 6.86. The number of nitrogens with zero attached hydrogens (tertiary/aromatic N) is 3. The maximum Gasteiger partial charge on any atom is 0.350 e. The fraction of sp³-hybridized carbons (Fsp3) is 0.0714. The van der Waals surface area contributed by atoms with E-state index in [0.29, 0.717) is 4.88 Å². The number of hydrazone groups is 1. The number of methoxy groups -OCH3 is 1. The number of carbonyl (C=O) groups excluding carboxylic acids is 2. The van der Waals surface area contributed by atoms with E-state index >= 15 is 0 Å². The SMILES string of the molecule is COC(=O)c1scc(C#N)c1NN=C(C#N)C(=O)c1cccs1. The summed E-state index contributed by atoms with van der Waals surface area (Å²) in [5, 5.41) is 25.0. The van der Waals surface area contributed by atoms with Crippen LogP contribution in [0.2, 0.25) is 0 Å². The second-order valence-electron chi connectivity index (χ2n) is 3.95. The summed E-state index contributed by atoms with van der Waals surface area (Å²) < 4.78 is 4.62. The van der Waals surface area contributed by atoms with Gasteiger partial charge in [-0.05, 0) is 11.4 Å². The van der Waals surface area contributed by atoms with Gasteiger partial charge in [-0.15, -0.1) is 22.7 Å². The van der Waals surface area contributed by atoms with Gasteiger partial charge in [0.05, 0.1) is 23.2 Å². The van der Waals surface area contributed by atoms with Gasteiger partial charge in [-0.25, -0.2) is 4.79 Å². The molecule has 0 fully saturated rings. The van der Waals surface area contributed by atoms with E-state index in [0.717, 1.165) is 11.3 Å². The molecule has 2 aromatic rings. The molecule has 23 heavy (non-hydrogen) atoms. The smallest absolute Gasteiger partial charge is 0.350 e. The molecule has 0 amide bonds.